The van der Waals surface area contributed by atoms with Gasteiger partial charge >= 0.3 is 6.61 Å². The zero-order chi connectivity index (χ0) is 27.1. The molecule has 0 radical (unpaired) electrons. The Morgan fingerprint density at radius 3 is 2.83 bits per heavy atom. The summed E-state index contributed by atoms with van der Waals surface area (Å²) in [5.74, 6) is 6.36. The molecule has 2 atom stereocenters. The minimum absolute atomic E-state index is 0.0339. The molecule has 9 heteroatoms. The summed E-state index contributed by atoms with van der Waals surface area (Å²) in [7, 11) is 0. The van der Waals surface area contributed by atoms with Gasteiger partial charge in [0.05, 0.1) is 42.4 Å². The number of alkyl halides is 2. The van der Waals surface area contributed by atoms with Gasteiger partial charge in [0, 0.05) is 53.2 Å². The van der Waals surface area contributed by atoms with E-state index in [1.165, 1.54) is 18.2 Å². The number of amides is 1. The summed E-state index contributed by atoms with van der Waals surface area (Å²) in [4.78, 5) is 21.4. The summed E-state index contributed by atoms with van der Waals surface area (Å²) in [6.45, 7) is -2.48. The molecule has 2 fully saturated rings. The van der Waals surface area contributed by atoms with E-state index < -0.39 is 31.6 Å². The minimum Gasteiger partial charge on any atom is -0.434 e. The van der Waals surface area contributed by atoms with Crippen molar-refractivity contribution in [1.82, 2.24) is 19.4 Å². The smallest absolute Gasteiger partial charge is 0.387 e. The number of carbonyl (C=O) groups excluding carboxylic acids is 1. The Morgan fingerprint density at radius 2 is 2.08 bits per heavy atom. The first-order valence-corrected chi connectivity index (χ1v) is 12.0. The van der Waals surface area contributed by atoms with Crippen LogP contribution in [-0.2, 0) is 4.74 Å². The normalized spacial score (nSPS) is 25.1. The molecule has 7 nitrogen and oxygen atoms in total. The Balaban J connectivity index is 1.32. The van der Waals surface area contributed by atoms with E-state index in [1.807, 2.05) is 22.8 Å². The zero-order valence-electron chi connectivity index (χ0n) is 22.2. The number of ether oxygens (including phenoxy) is 2. The number of likely N-dealkylation sites (tertiary alicyclic amines) is 1. The average Bonchev–Trinajstić information content (AvgIpc) is 3.31. The Bertz CT molecular complexity index is 1550. The molecule has 4 aliphatic rings. The molecule has 184 valence electrons. The fourth-order valence-electron chi connectivity index (χ4n) is 5.71. The number of nitrogens with zero attached hydrogens (tertiary/aromatic N) is 4. The van der Waals surface area contributed by atoms with E-state index in [-0.39, 0.29) is 29.2 Å². The Kier molecular flexibility index (Phi) is 4.17. The molecule has 1 amide bonds. The molecule has 0 unspecified atom stereocenters. The maximum Gasteiger partial charge on any atom is 0.387 e. The van der Waals surface area contributed by atoms with Gasteiger partial charge in [-0.3, -0.25) is 9.69 Å². The fourth-order valence-corrected chi connectivity index (χ4v) is 5.71. The largest absolute Gasteiger partial charge is 0.434 e. The lowest BCUT2D eigenvalue weighted by Crippen LogP contribution is -2.58. The highest BCUT2D eigenvalue weighted by Gasteiger charge is 2.45. The van der Waals surface area contributed by atoms with Gasteiger partial charge in [0.2, 0.25) is 0 Å². The first-order valence-electron chi connectivity index (χ1n) is 13.5. The van der Waals surface area contributed by atoms with Gasteiger partial charge in [-0.1, -0.05) is 17.9 Å². The van der Waals surface area contributed by atoms with Crippen LogP contribution in [0.4, 0.5) is 8.78 Å². The Hall–Kier alpha value is -3.48. The average molecular weight is 494 g/mol. The molecule has 3 aromatic rings. The van der Waals surface area contributed by atoms with Gasteiger partial charge in [0.25, 0.3) is 5.91 Å². The molecule has 0 N–H and O–H groups in total. The summed E-state index contributed by atoms with van der Waals surface area (Å²) in [6.07, 6.45) is 0.178. The van der Waals surface area contributed by atoms with Crippen molar-refractivity contribution in [3.63, 3.8) is 0 Å². The molecule has 2 aromatic carbocycles. The van der Waals surface area contributed by atoms with Gasteiger partial charge in [-0.2, -0.15) is 8.78 Å². The number of imidazole rings is 1. The number of halogens is 2. The van der Waals surface area contributed by atoms with Crippen LogP contribution in [0.5, 0.6) is 5.75 Å². The van der Waals surface area contributed by atoms with E-state index in [9.17, 15) is 13.6 Å². The lowest BCUT2D eigenvalue weighted by atomic mass is 9.97. The van der Waals surface area contributed by atoms with E-state index in [0.717, 1.165) is 36.8 Å². The standard InChI is InChI=1S/C27H24F2N4O3/c1-31-22-10-21(24-18(26(31)34)3-2-4-23(24)36-27(28)29)33-20-9-15(7-8-19(20)30-25(22)33)5-6-16-11-32(12-16)17-13-35-14-17/h2-4,7-9,16-17,21-22,27H,10-14H2,1H3/t21-,22-/m1/s1/i1D3. The van der Waals surface area contributed by atoms with Crippen molar-refractivity contribution in [3.8, 4) is 17.6 Å². The van der Waals surface area contributed by atoms with Gasteiger partial charge in [-0.15, -0.1) is 0 Å². The second kappa shape index (κ2) is 8.02. The molecule has 0 aliphatic carbocycles. The number of fused-ring (bicyclic) bond motifs is 9. The van der Waals surface area contributed by atoms with Gasteiger partial charge < -0.3 is 18.9 Å². The van der Waals surface area contributed by atoms with Crippen LogP contribution in [0.2, 0.25) is 0 Å². The molecule has 5 heterocycles. The third-order valence-electron chi connectivity index (χ3n) is 7.62. The molecular formula is C27H24F2N4O3. The Morgan fingerprint density at radius 1 is 1.22 bits per heavy atom. The van der Waals surface area contributed by atoms with Crippen molar-refractivity contribution < 1.29 is 27.2 Å². The first kappa shape index (κ1) is 18.7. The van der Waals surface area contributed by atoms with Crippen LogP contribution in [0.3, 0.4) is 0 Å². The molecule has 0 saturated carbocycles. The maximum atomic E-state index is 13.5. The van der Waals surface area contributed by atoms with Crippen LogP contribution in [-0.4, -0.2) is 71.2 Å². The zero-order valence-corrected chi connectivity index (χ0v) is 19.2. The predicted octanol–water partition coefficient (Wildman–Crippen LogP) is 3.44. The third-order valence-corrected chi connectivity index (χ3v) is 7.62. The highest BCUT2D eigenvalue weighted by atomic mass is 19.3. The van der Waals surface area contributed by atoms with E-state index in [1.54, 1.807) is 0 Å². The van der Waals surface area contributed by atoms with Crippen molar-refractivity contribution in [2.75, 3.05) is 33.3 Å². The molecule has 2 bridgehead atoms. The van der Waals surface area contributed by atoms with Crippen LogP contribution >= 0.6 is 0 Å². The number of rotatable bonds is 3. The van der Waals surface area contributed by atoms with E-state index in [0.29, 0.717) is 22.9 Å². The SMILES string of the molecule is [2H]C([2H])([2H])N1C(=O)c2cccc(OC(F)F)c2[C@H]2C[C@@H]1c1nc3ccc(C#CC4CN(C5COC5)C4)cc3n12. The van der Waals surface area contributed by atoms with Crippen LogP contribution in [0.25, 0.3) is 11.0 Å². The number of aromatic nitrogens is 2. The topological polar surface area (TPSA) is 59.8 Å². The summed E-state index contributed by atoms with van der Waals surface area (Å²) >= 11 is 0. The van der Waals surface area contributed by atoms with Crippen LogP contribution < -0.4 is 4.74 Å². The molecule has 0 spiro atoms. The van der Waals surface area contributed by atoms with Crippen molar-refractivity contribution in [2.24, 2.45) is 5.92 Å². The second-order valence-electron chi connectivity index (χ2n) is 9.69. The number of hydrogen-bond acceptors (Lipinski definition) is 5. The van der Waals surface area contributed by atoms with Crippen molar-refractivity contribution in [3.05, 3.63) is 58.9 Å². The van der Waals surface area contributed by atoms with Crippen LogP contribution in [0.15, 0.2) is 36.4 Å². The monoisotopic (exact) mass is 493 g/mol. The summed E-state index contributed by atoms with van der Waals surface area (Å²) < 4.78 is 63.0. The van der Waals surface area contributed by atoms with Gasteiger partial charge in [0.1, 0.15) is 11.6 Å². The molecule has 1 aromatic heterocycles. The highest BCUT2D eigenvalue weighted by Crippen LogP contribution is 2.49. The molecule has 36 heavy (non-hydrogen) atoms. The summed E-state index contributed by atoms with van der Waals surface area (Å²) in [6, 6.07) is 8.86. The third kappa shape index (κ3) is 3.25. The first-order chi connectivity index (χ1) is 18.7. The van der Waals surface area contributed by atoms with Gasteiger partial charge in [0.15, 0.2) is 0 Å². The fraction of sp³-hybridized carbons (Fsp3) is 0.407. The highest BCUT2D eigenvalue weighted by molar-refractivity contribution is 5.97. The lowest BCUT2D eigenvalue weighted by Gasteiger charge is -2.45. The number of carbonyl (C=O) groups is 1. The maximum absolute atomic E-state index is 13.5. The van der Waals surface area contributed by atoms with E-state index >= 15 is 0 Å². The predicted molar refractivity (Wildman–Crippen MR) is 127 cm³/mol. The van der Waals surface area contributed by atoms with Crippen molar-refractivity contribution in [2.45, 2.75) is 31.2 Å². The van der Waals surface area contributed by atoms with Crippen molar-refractivity contribution >= 4 is 16.9 Å². The molecule has 2 saturated heterocycles. The van der Waals surface area contributed by atoms with Crippen molar-refractivity contribution in [1.29, 1.82) is 0 Å². The second-order valence-corrected chi connectivity index (χ2v) is 9.69. The molecule has 7 rings (SSSR count). The molecule has 4 aliphatic heterocycles. The van der Waals surface area contributed by atoms with Gasteiger partial charge in [-0.05, 0) is 30.3 Å². The number of benzene rings is 2. The van der Waals surface area contributed by atoms with Crippen LogP contribution in [0.1, 0.15) is 49.9 Å². The lowest BCUT2D eigenvalue weighted by molar-refractivity contribution is -0.0936. The summed E-state index contributed by atoms with van der Waals surface area (Å²) in [5, 5.41) is 0. The van der Waals surface area contributed by atoms with Crippen LogP contribution in [0, 0.1) is 17.8 Å². The van der Waals surface area contributed by atoms with Gasteiger partial charge in [-0.25, -0.2) is 4.98 Å². The molecular weight excluding hydrogens is 466 g/mol. The van der Waals surface area contributed by atoms with E-state index in [4.69, 9.17) is 18.6 Å². The quantitative estimate of drug-likeness (QED) is 0.524. The number of hydrogen-bond donors (Lipinski definition) is 0. The van der Waals surface area contributed by atoms with E-state index in [2.05, 4.69) is 16.7 Å². The Labute approximate surface area is 210 Å². The minimum atomic E-state index is -3.11. The summed E-state index contributed by atoms with van der Waals surface area (Å²) in [5.41, 5.74) is 2.36.